The molecule has 2 aliphatic rings. The summed E-state index contributed by atoms with van der Waals surface area (Å²) in [4.78, 5) is 12.0. The fourth-order valence-electron chi connectivity index (χ4n) is 3.28. The van der Waals surface area contributed by atoms with E-state index in [2.05, 4.69) is 0 Å². The molecule has 0 saturated heterocycles. The van der Waals surface area contributed by atoms with Crippen LogP contribution in [-0.2, 0) is 18.8 Å². The van der Waals surface area contributed by atoms with Crippen molar-refractivity contribution >= 4 is 13.6 Å². The Morgan fingerprint density at radius 3 is 2.68 bits per heavy atom. The standard InChI is InChI=1S/C14H17O4P/c1-2-17-19(16)14(9-5-6-10-14)12-8-4-3-7-11(12)13(15)18-19/h3-4,7-8H,2,5-6,9-10H2,1H3. The van der Waals surface area contributed by atoms with Gasteiger partial charge >= 0.3 is 13.6 Å². The summed E-state index contributed by atoms with van der Waals surface area (Å²) in [5.41, 5.74) is 1.39. The zero-order chi connectivity index (χ0) is 13.5. The van der Waals surface area contributed by atoms with Crippen LogP contribution in [0.3, 0.4) is 0 Å². The number of hydrogen-bond acceptors (Lipinski definition) is 4. The minimum atomic E-state index is -3.43. The van der Waals surface area contributed by atoms with E-state index in [0.29, 0.717) is 5.56 Å². The molecule has 3 rings (SSSR count). The first-order valence-electron chi connectivity index (χ1n) is 6.71. The third-order valence-electron chi connectivity index (χ3n) is 4.11. The molecule has 1 aliphatic carbocycles. The van der Waals surface area contributed by atoms with E-state index in [1.807, 2.05) is 12.1 Å². The van der Waals surface area contributed by atoms with Crippen molar-refractivity contribution in [2.24, 2.45) is 0 Å². The minimum Gasteiger partial charge on any atom is -0.387 e. The molecule has 5 heteroatoms. The van der Waals surface area contributed by atoms with Crippen LogP contribution >= 0.6 is 7.60 Å². The number of hydrogen-bond donors (Lipinski definition) is 0. The molecule has 1 fully saturated rings. The molecule has 1 aromatic rings. The molecule has 0 bridgehead atoms. The highest BCUT2D eigenvalue weighted by Crippen LogP contribution is 2.73. The van der Waals surface area contributed by atoms with E-state index in [4.69, 9.17) is 9.05 Å². The predicted molar refractivity (Wildman–Crippen MR) is 71.2 cm³/mol. The molecule has 0 N–H and O–H groups in total. The molecule has 102 valence electrons. The van der Waals surface area contributed by atoms with E-state index in [1.165, 1.54) is 0 Å². The summed E-state index contributed by atoms with van der Waals surface area (Å²) in [5, 5.41) is -0.618. The lowest BCUT2D eigenvalue weighted by Crippen LogP contribution is -2.33. The Labute approximate surface area is 112 Å². The van der Waals surface area contributed by atoms with Gasteiger partial charge in [0.15, 0.2) is 0 Å². The zero-order valence-corrected chi connectivity index (χ0v) is 11.8. The predicted octanol–water partition coefficient (Wildman–Crippen LogP) is 3.86. The second kappa shape index (κ2) is 4.46. The van der Waals surface area contributed by atoms with Crippen molar-refractivity contribution in [3.63, 3.8) is 0 Å². The van der Waals surface area contributed by atoms with Crippen molar-refractivity contribution < 1.29 is 18.4 Å². The molecule has 19 heavy (non-hydrogen) atoms. The van der Waals surface area contributed by atoms with E-state index in [-0.39, 0.29) is 6.61 Å². The maximum absolute atomic E-state index is 13.1. The average Bonchev–Trinajstić information content (AvgIpc) is 2.88. The first-order chi connectivity index (χ1) is 9.13. The summed E-state index contributed by atoms with van der Waals surface area (Å²) < 4.78 is 23.8. The van der Waals surface area contributed by atoms with Crippen molar-refractivity contribution in [1.29, 1.82) is 0 Å². The van der Waals surface area contributed by atoms with E-state index in [1.54, 1.807) is 19.1 Å². The van der Waals surface area contributed by atoms with Crippen LogP contribution < -0.4 is 0 Å². The van der Waals surface area contributed by atoms with E-state index < -0.39 is 18.7 Å². The number of carbonyl (C=O) groups is 1. The van der Waals surface area contributed by atoms with Gasteiger partial charge in [0.1, 0.15) is 5.16 Å². The van der Waals surface area contributed by atoms with Gasteiger partial charge in [0.05, 0.1) is 12.2 Å². The number of carbonyl (C=O) groups excluding carboxylic acids is 1. The fraction of sp³-hybridized carbons (Fsp3) is 0.500. The Hall–Kier alpha value is -1.12. The highest BCUT2D eigenvalue weighted by atomic mass is 31.2. The maximum atomic E-state index is 13.1. The first kappa shape index (κ1) is 12.9. The van der Waals surface area contributed by atoms with Gasteiger partial charge in [-0.15, -0.1) is 0 Å². The van der Waals surface area contributed by atoms with Gasteiger partial charge in [0.2, 0.25) is 0 Å². The molecule has 0 aromatic heterocycles. The van der Waals surface area contributed by atoms with Crippen LogP contribution in [0.2, 0.25) is 0 Å². The molecular formula is C14H17O4P. The molecule has 4 nitrogen and oxygen atoms in total. The zero-order valence-electron chi connectivity index (χ0n) is 10.9. The first-order valence-corrected chi connectivity index (χ1v) is 8.25. The Morgan fingerprint density at radius 2 is 2.00 bits per heavy atom. The molecular weight excluding hydrogens is 263 g/mol. The molecule has 1 unspecified atom stereocenters. The summed E-state index contributed by atoms with van der Waals surface area (Å²) in [5.74, 6) is -0.523. The number of fused-ring (bicyclic) bond motifs is 2. The quantitative estimate of drug-likeness (QED) is 0.772. The third kappa shape index (κ3) is 1.70. The molecule has 1 saturated carbocycles. The van der Waals surface area contributed by atoms with Crippen molar-refractivity contribution in [2.45, 2.75) is 37.8 Å². The van der Waals surface area contributed by atoms with Crippen molar-refractivity contribution in [3.05, 3.63) is 35.4 Å². The van der Waals surface area contributed by atoms with Gasteiger partial charge in [-0.2, -0.15) is 0 Å². The van der Waals surface area contributed by atoms with Crippen molar-refractivity contribution in [1.82, 2.24) is 0 Å². The highest BCUT2D eigenvalue weighted by molar-refractivity contribution is 7.56. The summed E-state index contributed by atoms with van der Waals surface area (Å²) in [6.45, 7) is 2.06. The lowest BCUT2D eigenvalue weighted by molar-refractivity contribution is 0.0659. The van der Waals surface area contributed by atoms with Gasteiger partial charge in [-0.3, -0.25) is 4.52 Å². The monoisotopic (exact) mass is 280 g/mol. The summed E-state index contributed by atoms with van der Waals surface area (Å²) in [6, 6.07) is 7.33. The van der Waals surface area contributed by atoms with Gasteiger partial charge in [0, 0.05) is 0 Å². The topological polar surface area (TPSA) is 52.6 Å². The average molecular weight is 280 g/mol. The van der Waals surface area contributed by atoms with Crippen LogP contribution in [0, 0.1) is 0 Å². The smallest absolute Gasteiger partial charge is 0.387 e. The summed E-state index contributed by atoms with van der Waals surface area (Å²) >= 11 is 0. The summed E-state index contributed by atoms with van der Waals surface area (Å²) in [7, 11) is -3.43. The number of benzene rings is 1. The van der Waals surface area contributed by atoms with Crippen LogP contribution in [-0.4, -0.2) is 12.6 Å². The van der Waals surface area contributed by atoms with E-state index in [9.17, 15) is 9.36 Å². The minimum absolute atomic E-state index is 0.286. The second-order valence-electron chi connectivity index (χ2n) is 5.08. The second-order valence-corrected chi connectivity index (χ2v) is 7.37. The van der Waals surface area contributed by atoms with Crippen molar-refractivity contribution in [2.75, 3.05) is 6.61 Å². The SMILES string of the molecule is CCOP1(=O)OC(=O)c2ccccc2C12CCCC2. The molecule has 1 spiro atoms. The van der Waals surface area contributed by atoms with Gasteiger partial charge in [0.25, 0.3) is 0 Å². The molecule has 0 amide bonds. The molecule has 1 aliphatic heterocycles. The van der Waals surface area contributed by atoms with Crippen LogP contribution in [0.25, 0.3) is 0 Å². The van der Waals surface area contributed by atoms with Gasteiger partial charge in [-0.25, -0.2) is 9.36 Å². The molecule has 1 atom stereocenters. The van der Waals surface area contributed by atoms with Crippen molar-refractivity contribution in [3.8, 4) is 0 Å². The maximum Gasteiger partial charge on any atom is 0.392 e. The van der Waals surface area contributed by atoms with E-state index >= 15 is 0 Å². The van der Waals surface area contributed by atoms with Crippen LogP contribution in [0.5, 0.6) is 0 Å². The Balaban J connectivity index is 2.22. The lowest BCUT2D eigenvalue weighted by atomic mass is 9.91. The number of rotatable bonds is 2. The normalized spacial score (nSPS) is 28.2. The van der Waals surface area contributed by atoms with Crippen LogP contribution in [0.1, 0.15) is 48.5 Å². The largest absolute Gasteiger partial charge is 0.392 e. The van der Waals surface area contributed by atoms with Crippen LogP contribution in [0.15, 0.2) is 24.3 Å². The van der Waals surface area contributed by atoms with Crippen LogP contribution in [0.4, 0.5) is 0 Å². The van der Waals surface area contributed by atoms with Gasteiger partial charge in [-0.1, -0.05) is 31.0 Å². The molecule has 1 heterocycles. The molecule has 1 aromatic carbocycles. The van der Waals surface area contributed by atoms with Gasteiger partial charge in [-0.05, 0) is 31.4 Å². The summed E-state index contributed by atoms with van der Waals surface area (Å²) in [6.07, 6.45) is 3.50. The fourth-order valence-corrected chi connectivity index (χ4v) is 5.77. The Morgan fingerprint density at radius 1 is 1.32 bits per heavy atom. The highest BCUT2D eigenvalue weighted by Gasteiger charge is 2.59. The van der Waals surface area contributed by atoms with Gasteiger partial charge < -0.3 is 4.52 Å². The third-order valence-corrected chi connectivity index (χ3v) is 6.85. The lowest BCUT2D eigenvalue weighted by Gasteiger charge is -2.39. The Kier molecular flexibility index (Phi) is 3.03. The Bertz CT molecular complexity index is 560. The van der Waals surface area contributed by atoms with E-state index in [0.717, 1.165) is 31.2 Å². The molecule has 0 radical (unpaired) electrons.